The van der Waals surface area contributed by atoms with Crippen molar-refractivity contribution in [1.29, 1.82) is 0 Å². The van der Waals surface area contributed by atoms with Gasteiger partial charge in [-0.2, -0.15) is 0 Å². The van der Waals surface area contributed by atoms with Gasteiger partial charge in [-0.25, -0.2) is 4.98 Å². The van der Waals surface area contributed by atoms with Gasteiger partial charge in [-0.15, -0.1) is 0 Å². The molecule has 2 aromatic rings. The van der Waals surface area contributed by atoms with Gasteiger partial charge < -0.3 is 0 Å². The third-order valence-electron chi connectivity index (χ3n) is 5.84. The molecule has 0 amide bonds. The van der Waals surface area contributed by atoms with Gasteiger partial charge in [0, 0.05) is 24.4 Å². The smallest absolute Gasteiger partial charge is 0.257 e. The highest BCUT2D eigenvalue weighted by Crippen LogP contribution is 2.48. The Hall–Kier alpha value is -1.90. The number of aromatic nitrogens is 2. The summed E-state index contributed by atoms with van der Waals surface area (Å²) in [6.45, 7) is 2.07. The molecule has 4 rings (SSSR count). The fourth-order valence-corrected chi connectivity index (χ4v) is 4.65. The van der Waals surface area contributed by atoms with Gasteiger partial charge in [0.25, 0.3) is 5.56 Å². The molecule has 1 aromatic heterocycles. The lowest BCUT2D eigenvalue weighted by atomic mass is 9.62. The Bertz CT molecular complexity index is 813. The molecule has 1 saturated carbocycles. The monoisotopic (exact) mass is 308 g/mol. The summed E-state index contributed by atoms with van der Waals surface area (Å²) in [5.74, 6) is 0.886. The molecule has 1 heterocycles. The van der Waals surface area contributed by atoms with Gasteiger partial charge in [0.2, 0.25) is 0 Å². The molecule has 2 aliphatic rings. The van der Waals surface area contributed by atoms with E-state index in [1.54, 1.807) is 4.57 Å². The van der Waals surface area contributed by atoms with E-state index in [1.165, 1.54) is 30.4 Å². The summed E-state index contributed by atoms with van der Waals surface area (Å²) in [4.78, 5) is 18.1. The van der Waals surface area contributed by atoms with Crippen molar-refractivity contribution < 1.29 is 0 Å². The summed E-state index contributed by atoms with van der Waals surface area (Å²) in [5.41, 5.74) is 4.69. The van der Waals surface area contributed by atoms with Crippen LogP contribution in [0, 0.1) is 0 Å². The number of hydrogen-bond acceptors (Lipinski definition) is 2. The van der Waals surface area contributed by atoms with Gasteiger partial charge in [-0.3, -0.25) is 9.36 Å². The normalized spacial score (nSPS) is 18.5. The van der Waals surface area contributed by atoms with E-state index in [1.807, 2.05) is 7.05 Å². The van der Waals surface area contributed by atoms with Crippen LogP contribution < -0.4 is 5.56 Å². The lowest BCUT2D eigenvalue weighted by Gasteiger charge is -2.42. The molecule has 120 valence electrons. The van der Waals surface area contributed by atoms with Crippen molar-refractivity contribution in [3.63, 3.8) is 0 Å². The lowest BCUT2D eigenvalue weighted by Crippen LogP contribution is -2.43. The second kappa shape index (κ2) is 5.33. The zero-order valence-corrected chi connectivity index (χ0v) is 14.1. The number of benzene rings is 1. The average molecular weight is 308 g/mol. The molecule has 2 aliphatic carbocycles. The third-order valence-corrected chi connectivity index (χ3v) is 5.84. The molecule has 0 N–H and O–H groups in total. The molecule has 1 spiro atoms. The maximum Gasteiger partial charge on any atom is 0.257 e. The van der Waals surface area contributed by atoms with Crippen molar-refractivity contribution in [2.75, 3.05) is 0 Å². The minimum absolute atomic E-state index is 0.00997. The molecule has 3 heteroatoms. The fourth-order valence-electron chi connectivity index (χ4n) is 4.65. The van der Waals surface area contributed by atoms with E-state index in [9.17, 15) is 4.79 Å². The Labute approximate surface area is 137 Å². The molecule has 0 atom stereocenters. The van der Waals surface area contributed by atoms with Crippen molar-refractivity contribution in [1.82, 2.24) is 9.55 Å². The second-order valence-corrected chi connectivity index (χ2v) is 7.14. The van der Waals surface area contributed by atoms with Crippen molar-refractivity contribution in [3.05, 3.63) is 51.6 Å². The largest absolute Gasteiger partial charge is 0.300 e. The summed E-state index contributed by atoms with van der Waals surface area (Å²) < 4.78 is 1.78. The molecule has 1 fully saturated rings. The Balaban J connectivity index is 2.06. The Kier molecular flexibility index (Phi) is 3.40. The van der Waals surface area contributed by atoms with Crippen molar-refractivity contribution >= 4 is 0 Å². The van der Waals surface area contributed by atoms with Crippen molar-refractivity contribution in [2.45, 2.75) is 57.3 Å². The van der Waals surface area contributed by atoms with E-state index >= 15 is 0 Å². The summed E-state index contributed by atoms with van der Waals surface area (Å²) in [5, 5.41) is 0. The summed E-state index contributed by atoms with van der Waals surface area (Å²) in [7, 11) is 1.88. The molecule has 0 saturated heterocycles. The SMILES string of the molecule is CCc1nc2c(c(=O)n1C)C1(CCCCC1)Cc1ccccc1-2. The van der Waals surface area contributed by atoms with Gasteiger partial charge in [0.05, 0.1) is 11.3 Å². The number of fused-ring (bicyclic) bond motifs is 4. The van der Waals surface area contributed by atoms with Crippen LogP contribution in [0.5, 0.6) is 0 Å². The zero-order valence-electron chi connectivity index (χ0n) is 14.1. The second-order valence-electron chi connectivity index (χ2n) is 7.14. The van der Waals surface area contributed by atoms with Gasteiger partial charge in [-0.1, -0.05) is 50.5 Å². The summed E-state index contributed by atoms with van der Waals surface area (Å²) >= 11 is 0. The van der Waals surface area contributed by atoms with E-state index in [-0.39, 0.29) is 11.0 Å². The minimum atomic E-state index is 0.00997. The Morgan fingerprint density at radius 2 is 1.91 bits per heavy atom. The quantitative estimate of drug-likeness (QED) is 0.804. The summed E-state index contributed by atoms with van der Waals surface area (Å²) in [6.07, 6.45) is 7.76. The fraction of sp³-hybridized carbons (Fsp3) is 0.500. The van der Waals surface area contributed by atoms with Crippen LogP contribution >= 0.6 is 0 Å². The first kappa shape index (κ1) is 14.7. The summed E-state index contributed by atoms with van der Waals surface area (Å²) in [6, 6.07) is 8.53. The van der Waals surface area contributed by atoms with E-state index in [0.29, 0.717) is 0 Å². The van der Waals surface area contributed by atoms with Gasteiger partial charge in [0.15, 0.2) is 0 Å². The standard InChI is InChI=1S/C20H24N2O/c1-3-16-21-18-15-10-6-5-9-14(15)13-20(11-7-4-8-12-20)17(18)19(23)22(16)2/h5-6,9-10H,3-4,7-8,11-13H2,1-2H3. The molecule has 0 unspecified atom stereocenters. The van der Waals surface area contributed by atoms with Crippen LogP contribution in [-0.2, 0) is 25.3 Å². The topological polar surface area (TPSA) is 34.9 Å². The van der Waals surface area contributed by atoms with Crippen molar-refractivity contribution in [2.24, 2.45) is 7.05 Å². The third kappa shape index (κ3) is 2.09. The molecular formula is C20H24N2O. The van der Waals surface area contributed by atoms with Gasteiger partial charge in [-0.05, 0) is 24.8 Å². The van der Waals surface area contributed by atoms with Gasteiger partial charge >= 0.3 is 0 Å². The van der Waals surface area contributed by atoms with Crippen LogP contribution in [0.1, 0.15) is 56.0 Å². The Morgan fingerprint density at radius 3 is 2.65 bits per heavy atom. The van der Waals surface area contributed by atoms with Crippen LogP contribution in [0.15, 0.2) is 29.1 Å². The van der Waals surface area contributed by atoms with Crippen LogP contribution in [-0.4, -0.2) is 9.55 Å². The van der Waals surface area contributed by atoms with E-state index in [4.69, 9.17) is 4.98 Å². The number of nitrogens with zero attached hydrogens (tertiary/aromatic N) is 2. The van der Waals surface area contributed by atoms with E-state index in [2.05, 4.69) is 31.2 Å². The average Bonchev–Trinajstić information content (AvgIpc) is 2.58. The molecular weight excluding hydrogens is 284 g/mol. The zero-order chi connectivity index (χ0) is 16.0. The first-order chi connectivity index (χ1) is 11.2. The molecule has 23 heavy (non-hydrogen) atoms. The molecule has 3 nitrogen and oxygen atoms in total. The van der Waals surface area contributed by atoms with Crippen LogP contribution in [0.3, 0.4) is 0 Å². The van der Waals surface area contributed by atoms with Crippen molar-refractivity contribution in [3.8, 4) is 11.3 Å². The maximum absolute atomic E-state index is 13.2. The van der Waals surface area contributed by atoms with Crippen LogP contribution in [0.2, 0.25) is 0 Å². The molecule has 1 aromatic carbocycles. The molecule has 0 bridgehead atoms. The van der Waals surface area contributed by atoms with E-state index < -0.39 is 0 Å². The number of hydrogen-bond donors (Lipinski definition) is 0. The highest BCUT2D eigenvalue weighted by molar-refractivity contribution is 5.71. The van der Waals surface area contributed by atoms with Crippen LogP contribution in [0.4, 0.5) is 0 Å². The number of rotatable bonds is 1. The lowest BCUT2D eigenvalue weighted by molar-refractivity contribution is 0.283. The predicted octanol–water partition coefficient (Wildman–Crippen LogP) is 3.77. The highest BCUT2D eigenvalue weighted by atomic mass is 16.1. The van der Waals surface area contributed by atoms with E-state index in [0.717, 1.165) is 42.8 Å². The Morgan fingerprint density at radius 1 is 1.17 bits per heavy atom. The predicted molar refractivity (Wildman–Crippen MR) is 92.8 cm³/mol. The van der Waals surface area contributed by atoms with Gasteiger partial charge in [0.1, 0.15) is 5.82 Å². The minimum Gasteiger partial charge on any atom is -0.300 e. The van der Waals surface area contributed by atoms with Crippen LogP contribution in [0.25, 0.3) is 11.3 Å². The molecule has 0 radical (unpaired) electrons. The maximum atomic E-state index is 13.2. The highest BCUT2D eigenvalue weighted by Gasteiger charge is 2.43. The molecule has 0 aliphatic heterocycles. The number of aryl methyl sites for hydroxylation is 1. The first-order valence-corrected chi connectivity index (χ1v) is 8.85. The first-order valence-electron chi connectivity index (χ1n) is 8.85.